The van der Waals surface area contributed by atoms with Gasteiger partial charge in [-0.2, -0.15) is 0 Å². The van der Waals surface area contributed by atoms with Crippen molar-refractivity contribution < 1.29 is 9.64 Å². The Labute approximate surface area is 164 Å². The van der Waals surface area contributed by atoms with Gasteiger partial charge in [-0.3, -0.25) is 0 Å². The number of hydrogen-bond donors (Lipinski definition) is 1. The number of ether oxygens (including phenoxy) is 1. The van der Waals surface area contributed by atoms with Crippen LogP contribution in [-0.4, -0.2) is 51.9 Å². The van der Waals surface area contributed by atoms with Crippen molar-refractivity contribution in [3.05, 3.63) is 41.9 Å². The topological polar surface area (TPSA) is 61.7 Å². The second kappa shape index (κ2) is 7.24. The van der Waals surface area contributed by atoms with Crippen LogP contribution in [0.4, 0.5) is 0 Å². The highest BCUT2D eigenvalue weighted by Gasteiger charge is 2.18. The second-order valence-corrected chi connectivity index (χ2v) is 7.55. The van der Waals surface area contributed by atoms with Gasteiger partial charge in [0.05, 0.1) is 33.1 Å². The molecule has 0 saturated carbocycles. The number of hydrogen-bond acceptors (Lipinski definition) is 4. The van der Waals surface area contributed by atoms with Gasteiger partial charge in [0, 0.05) is 24.2 Å². The van der Waals surface area contributed by atoms with Crippen LogP contribution in [0.2, 0.25) is 0 Å². The van der Waals surface area contributed by atoms with Crippen LogP contribution in [0.1, 0.15) is 17.7 Å². The first-order valence-electron chi connectivity index (χ1n) is 9.64. The van der Waals surface area contributed by atoms with Gasteiger partial charge in [0.25, 0.3) is 0 Å². The third kappa shape index (κ3) is 3.11. The Kier molecular flexibility index (Phi) is 4.77. The smallest absolute Gasteiger partial charge is 0.182 e. The molecule has 0 unspecified atom stereocenters. The first-order valence-corrected chi connectivity index (χ1v) is 9.64. The maximum absolute atomic E-state index is 5.24. The van der Waals surface area contributed by atoms with E-state index in [9.17, 15) is 0 Å². The van der Waals surface area contributed by atoms with Gasteiger partial charge in [0.1, 0.15) is 17.7 Å². The molecule has 1 aromatic carbocycles. The molecular formula is C21H27N6O+. The molecule has 0 aliphatic carbocycles. The monoisotopic (exact) mass is 379 g/mol. The van der Waals surface area contributed by atoms with Gasteiger partial charge in [-0.05, 0) is 43.7 Å². The van der Waals surface area contributed by atoms with Crippen LogP contribution in [0, 0.1) is 13.8 Å². The lowest BCUT2D eigenvalue weighted by Gasteiger charge is -2.10. The van der Waals surface area contributed by atoms with E-state index < -0.39 is 0 Å². The van der Waals surface area contributed by atoms with Crippen molar-refractivity contribution in [3.63, 3.8) is 0 Å². The van der Waals surface area contributed by atoms with Crippen molar-refractivity contribution in [1.82, 2.24) is 24.1 Å². The van der Waals surface area contributed by atoms with E-state index in [1.54, 1.807) is 18.0 Å². The Morgan fingerprint density at radius 3 is 2.50 bits per heavy atom. The molecule has 146 valence electrons. The third-order valence-electron chi connectivity index (χ3n) is 5.35. The normalized spacial score (nSPS) is 11.8. The molecule has 3 heterocycles. The molecule has 0 amide bonds. The molecule has 0 radical (unpaired) electrons. The number of rotatable bonds is 6. The average molecular weight is 379 g/mol. The zero-order valence-electron chi connectivity index (χ0n) is 17.2. The first-order chi connectivity index (χ1) is 13.5. The molecule has 0 atom stereocenters. The SMILES string of the molecule is COc1ccc(-c2nc3c4c(C)c(C)n(CCC[NH+](C)C)c4ncn3n2)cc1. The van der Waals surface area contributed by atoms with E-state index in [-0.39, 0.29) is 0 Å². The van der Waals surface area contributed by atoms with Gasteiger partial charge >= 0.3 is 0 Å². The van der Waals surface area contributed by atoms with Crippen LogP contribution < -0.4 is 9.64 Å². The van der Waals surface area contributed by atoms with Gasteiger partial charge in [0.2, 0.25) is 0 Å². The van der Waals surface area contributed by atoms with Gasteiger partial charge in [-0.1, -0.05) is 0 Å². The maximum Gasteiger partial charge on any atom is 0.182 e. The Hall–Kier alpha value is -2.93. The van der Waals surface area contributed by atoms with E-state index in [1.165, 1.54) is 16.2 Å². The molecule has 3 aromatic heterocycles. The van der Waals surface area contributed by atoms with E-state index >= 15 is 0 Å². The molecule has 1 N–H and O–H groups in total. The molecule has 0 saturated heterocycles. The summed E-state index contributed by atoms with van der Waals surface area (Å²) in [5.41, 5.74) is 5.27. The van der Waals surface area contributed by atoms with E-state index in [0.29, 0.717) is 5.82 Å². The number of aromatic nitrogens is 5. The summed E-state index contributed by atoms with van der Waals surface area (Å²) in [4.78, 5) is 11.0. The Morgan fingerprint density at radius 2 is 1.82 bits per heavy atom. The summed E-state index contributed by atoms with van der Waals surface area (Å²) in [6.45, 7) is 6.41. The molecule has 28 heavy (non-hydrogen) atoms. The highest BCUT2D eigenvalue weighted by atomic mass is 16.5. The largest absolute Gasteiger partial charge is 0.497 e. The molecule has 0 aliphatic rings. The number of nitrogens with zero attached hydrogens (tertiary/aromatic N) is 5. The molecule has 0 aliphatic heterocycles. The minimum Gasteiger partial charge on any atom is -0.497 e. The van der Waals surface area contributed by atoms with Gasteiger partial charge < -0.3 is 14.2 Å². The van der Waals surface area contributed by atoms with E-state index in [1.807, 2.05) is 24.3 Å². The standard InChI is InChI=1S/C21H26N6O/c1-14-15(2)26(12-6-11-25(3)4)20-18(14)21-23-19(24-27(21)13-22-20)16-7-9-17(28-5)10-8-16/h7-10,13H,6,11-12H2,1-5H3/p+1. The van der Waals surface area contributed by atoms with Crippen molar-refractivity contribution >= 4 is 16.7 Å². The molecule has 4 rings (SSSR count). The number of methoxy groups -OCH3 is 1. The van der Waals surface area contributed by atoms with Crippen LogP contribution in [0.5, 0.6) is 5.75 Å². The fourth-order valence-corrected chi connectivity index (χ4v) is 3.66. The molecule has 0 spiro atoms. The number of aryl methyl sites for hydroxylation is 2. The van der Waals surface area contributed by atoms with Crippen LogP contribution in [-0.2, 0) is 6.54 Å². The molecule has 0 fully saturated rings. The minimum absolute atomic E-state index is 0.693. The zero-order chi connectivity index (χ0) is 19.8. The summed E-state index contributed by atoms with van der Waals surface area (Å²) in [5, 5.41) is 5.73. The van der Waals surface area contributed by atoms with Gasteiger partial charge in [0.15, 0.2) is 11.5 Å². The van der Waals surface area contributed by atoms with E-state index in [4.69, 9.17) is 14.7 Å². The summed E-state index contributed by atoms with van der Waals surface area (Å²) in [6, 6.07) is 7.80. The molecular weight excluding hydrogens is 352 g/mol. The second-order valence-electron chi connectivity index (χ2n) is 7.55. The number of nitrogens with one attached hydrogen (secondary N) is 1. The summed E-state index contributed by atoms with van der Waals surface area (Å²) < 4.78 is 9.34. The van der Waals surface area contributed by atoms with Crippen molar-refractivity contribution in [3.8, 4) is 17.1 Å². The number of quaternary nitrogens is 1. The fraction of sp³-hybridized carbons (Fsp3) is 0.381. The summed E-state index contributed by atoms with van der Waals surface area (Å²) in [5.74, 6) is 1.51. The summed E-state index contributed by atoms with van der Waals surface area (Å²) in [7, 11) is 6.03. The first kappa shape index (κ1) is 18.4. The quantitative estimate of drug-likeness (QED) is 0.556. The molecule has 7 heteroatoms. The van der Waals surface area contributed by atoms with Crippen LogP contribution in [0.25, 0.3) is 28.1 Å². The third-order valence-corrected chi connectivity index (χ3v) is 5.35. The maximum atomic E-state index is 5.24. The minimum atomic E-state index is 0.693. The van der Waals surface area contributed by atoms with Crippen molar-refractivity contribution in [2.75, 3.05) is 27.7 Å². The summed E-state index contributed by atoms with van der Waals surface area (Å²) in [6.07, 6.45) is 2.88. The predicted octanol–water partition coefficient (Wildman–Crippen LogP) is 1.91. The lowest BCUT2D eigenvalue weighted by molar-refractivity contribution is -0.858. The van der Waals surface area contributed by atoms with Gasteiger partial charge in [-0.25, -0.2) is 14.5 Å². The summed E-state index contributed by atoms with van der Waals surface area (Å²) >= 11 is 0. The zero-order valence-corrected chi connectivity index (χ0v) is 17.2. The number of fused-ring (bicyclic) bond motifs is 3. The van der Waals surface area contributed by atoms with Crippen molar-refractivity contribution in [2.45, 2.75) is 26.8 Å². The number of benzene rings is 1. The van der Waals surface area contributed by atoms with Crippen molar-refractivity contribution in [1.29, 1.82) is 0 Å². The average Bonchev–Trinajstić information content (AvgIpc) is 3.22. The Morgan fingerprint density at radius 1 is 1.07 bits per heavy atom. The van der Waals surface area contributed by atoms with Crippen LogP contribution >= 0.6 is 0 Å². The molecule has 4 aromatic rings. The lowest BCUT2D eigenvalue weighted by atomic mass is 10.2. The highest BCUT2D eigenvalue weighted by Crippen LogP contribution is 2.28. The van der Waals surface area contributed by atoms with Crippen LogP contribution in [0.3, 0.4) is 0 Å². The van der Waals surface area contributed by atoms with Crippen LogP contribution in [0.15, 0.2) is 30.6 Å². The highest BCUT2D eigenvalue weighted by molar-refractivity contribution is 5.94. The lowest BCUT2D eigenvalue weighted by Crippen LogP contribution is -3.05. The Balaban J connectivity index is 1.79. The van der Waals surface area contributed by atoms with Gasteiger partial charge in [-0.15, -0.1) is 5.10 Å². The molecule has 7 nitrogen and oxygen atoms in total. The molecule has 0 bridgehead atoms. The van der Waals surface area contributed by atoms with Crippen molar-refractivity contribution in [2.24, 2.45) is 0 Å². The van der Waals surface area contributed by atoms with E-state index in [2.05, 4.69) is 37.6 Å². The van der Waals surface area contributed by atoms with E-state index in [0.717, 1.165) is 47.5 Å². The Bertz CT molecular complexity index is 1120. The fourth-order valence-electron chi connectivity index (χ4n) is 3.66. The predicted molar refractivity (Wildman–Crippen MR) is 110 cm³/mol.